The van der Waals surface area contributed by atoms with Crippen molar-refractivity contribution in [3.8, 4) is 5.75 Å². The molecule has 3 aromatic carbocycles. The minimum absolute atomic E-state index is 0.0919. The van der Waals surface area contributed by atoms with Crippen molar-refractivity contribution in [3.05, 3.63) is 78.4 Å². The number of para-hydroxylation sites is 2. The van der Waals surface area contributed by atoms with Crippen LogP contribution in [0.2, 0.25) is 0 Å². The summed E-state index contributed by atoms with van der Waals surface area (Å²) >= 11 is 0. The van der Waals surface area contributed by atoms with Gasteiger partial charge in [-0.1, -0.05) is 29.8 Å². The molecule has 1 heterocycles. The molecular weight excluding hydrogens is 454 g/mol. The third-order valence-electron chi connectivity index (χ3n) is 5.39. The molecule has 4 rings (SSSR count). The Hall–Kier alpha value is -3.85. The highest BCUT2D eigenvalue weighted by atomic mass is 32.2. The Balaban J connectivity index is 1.35. The zero-order valence-electron chi connectivity index (χ0n) is 18.8. The van der Waals surface area contributed by atoms with Crippen LogP contribution in [-0.2, 0) is 19.6 Å². The van der Waals surface area contributed by atoms with E-state index in [-0.39, 0.29) is 29.7 Å². The average Bonchev–Trinajstić information content (AvgIpc) is 2.81. The highest BCUT2D eigenvalue weighted by molar-refractivity contribution is 7.92. The SMILES string of the molecule is Cc1ccc(S(=O)(=O)Nc2ccc(NC(=O)CCN3C(=O)C(C)Oc4ccccc43)cc2)cc1. The molecule has 0 aliphatic carbocycles. The third kappa shape index (κ3) is 5.20. The molecule has 0 saturated heterocycles. The summed E-state index contributed by atoms with van der Waals surface area (Å²) in [5.41, 5.74) is 2.51. The third-order valence-corrected chi connectivity index (χ3v) is 6.79. The second-order valence-electron chi connectivity index (χ2n) is 8.01. The molecule has 2 N–H and O–H groups in total. The fraction of sp³-hybridized carbons (Fsp3) is 0.200. The molecule has 176 valence electrons. The van der Waals surface area contributed by atoms with Crippen LogP contribution in [0.3, 0.4) is 0 Å². The maximum absolute atomic E-state index is 12.5. The smallest absolute Gasteiger partial charge is 0.267 e. The number of ether oxygens (including phenoxy) is 1. The molecule has 0 bridgehead atoms. The number of anilines is 3. The minimum Gasteiger partial charge on any atom is -0.479 e. The first kappa shape index (κ1) is 23.3. The first-order valence-electron chi connectivity index (χ1n) is 10.8. The van der Waals surface area contributed by atoms with Gasteiger partial charge in [0.05, 0.1) is 10.6 Å². The summed E-state index contributed by atoms with van der Waals surface area (Å²) in [4.78, 5) is 26.8. The molecule has 0 spiro atoms. The first-order chi connectivity index (χ1) is 16.2. The van der Waals surface area contributed by atoms with Crippen LogP contribution in [0.1, 0.15) is 18.9 Å². The van der Waals surface area contributed by atoms with Gasteiger partial charge in [0, 0.05) is 24.3 Å². The van der Waals surface area contributed by atoms with Crippen LogP contribution in [0.25, 0.3) is 0 Å². The van der Waals surface area contributed by atoms with E-state index in [1.54, 1.807) is 72.5 Å². The number of benzene rings is 3. The number of hydrogen-bond donors (Lipinski definition) is 2. The van der Waals surface area contributed by atoms with Gasteiger partial charge in [-0.05, 0) is 62.4 Å². The fourth-order valence-corrected chi connectivity index (χ4v) is 4.64. The van der Waals surface area contributed by atoms with Gasteiger partial charge in [-0.25, -0.2) is 8.42 Å². The normalized spacial score (nSPS) is 15.3. The van der Waals surface area contributed by atoms with Crippen molar-refractivity contribution in [2.75, 3.05) is 21.5 Å². The average molecular weight is 480 g/mol. The maximum atomic E-state index is 12.5. The van der Waals surface area contributed by atoms with Gasteiger partial charge in [-0.2, -0.15) is 0 Å². The molecule has 2 amide bonds. The summed E-state index contributed by atoms with van der Waals surface area (Å²) in [6.45, 7) is 3.78. The topological polar surface area (TPSA) is 105 Å². The number of sulfonamides is 1. The molecule has 1 aliphatic heterocycles. The molecule has 0 saturated carbocycles. The first-order valence-corrected chi connectivity index (χ1v) is 12.3. The molecular formula is C25H25N3O5S. The summed E-state index contributed by atoms with van der Waals surface area (Å²) in [6.07, 6.45) is -0.525. The summed E-state index contributed by atoms with van der Waals surface area (Å²) < 4.78 is 33.2. The molecule has 1 atom stereocenters. The molecule has 0 aromatic heterocycles. The lowest BCUT2D eigenvalue weighted by Gasteiger charge is -2.32. The van der Waals surface area contributed by atoms with Gasteiger partial charge in [0.25, 0.3) is 15.9 Å². The Kier molecular flexibility index (Phi) is 6.56. The van der Waals surface area contributed by atoms with Gasteiger partial charge in [-0.3, -0.25) is 14.3 Å². The van der Waals surface area contributed by atoms with Gasteiger partial charge in [0.1, 0.15) is 5.75 Å². The number of fused-ring (bicyclic) bond motifs is 1. The zero-order chi connectivity index (χ0) is 24.3. The summed E-state index contributed by atoms with van der Waals surface area (Å²) in [5.74, 6) is 0.146. The van der Waals surface area contributed by atoms with Gasteiger partial charge in [0.2, 0.25) is 5.91 Å². The summed E-state index contributed by atoms with van der Waals surface area (Å²) in [5, 5.41) is 2.77. The van der Waals surface area contributed by atoms with Crippen LogP contribution in [-0.4, -0.2) is 32.9 Å². The standard InChI is InChI=1S/C25H25N3O5S/c1-17-7-13-21(14-8-17)34(31,32)27-20-11-9-19(10-12-20)26-24(29)15-16-28-22-5-3-4-6-23(22)33-18(2)25(28)30/h3-14,18,27H,15-16H2,1-2H3,(H,26,29). The van der Waals surface area contributed by atoms with Crippen molar-refractivity contribution < 1.29 is 22.7 Å². The highest BCUT2D eigenvalue weighted by Gasteiger charge is 2.31. The lowest BCUT2D eigenvalue weighted by atomic mass is 10.1. The number of rotatable bonds is 7. The lowest BCUT2D eigenvalue weighted by Crippen LogP contribution is -2.45. The van der Waals surface area contributed by atoms with Crippen molar-refractivity contribution in [3.63, 3.8) is 0 Å². The number of carbonyl (C=O) groups excluding carboxylic acids is 2. The van der Waals surface area contributed by atoms with Crippen LogP contribution in [0.5, 0.6) is 5.75 Å². The maximum Gasteiger partial charge on any atom is 0.267 e. The van der Waals surface area contributed by atoms with E-state index < -0.39 is 16.1 Å². The van der Waals surface area contributed by atoms with Crippen LogP contribution in [0.4, 0.5) is 17.1 Å². The number of carbonyl (C=O) groups is 2. The Morgan fingerprint density at radius 2 is 1.62 bits per heavy atom. The molecule has 34 heavy (non-hydrogen) atoms. The van der Waals surface area contributed by atoms with Crippen molar-refractivity contribution in [1.82, 2.24) is 0 Å². The Bertz CT molecular complexity index is 1310. The Morgan fingerprint density at radius 1 is 0.971 bits per heavy atom. The van der Waals surface area contributed by atoms with E-state index >= 15 is 0 Å². The van der Waals surface area contributed by atoms with Crippen LogP contribution < -0.4 is 19.7 Å². The highest BCUT2D eigenvalue weighted by Crippen LogP contribution is 2.33. The van der Waals surface area contributed by atoms with Gasteiger partial charge in [-0.15, -0.1) is 0 Å². The monoisotopic (exact) mass is 479 g/mol. The molecule has 8 nitrogen and oxygen atoms in total. The number of hydrogen-bond acceptors (Lipinski definition) is 5. The van der Waals surface area contributed by atoms with E-state index in [1.165, 1.54) is 0 Å². The van der Waals surface area contributed by atoms with E-state index in [0.29, 0.717) is 22.8 Å². The van der Waals surface area contributed by atoms with E-state index in [1.807, 2.05) is 19.1 Å². The lowest BCUT2D eigenvalue weighted by molar-refractivity contribution is -0.125. The predicted molar refractivity (Wildman–Crippen MR) is 131 cm³/mol. The van der Waals surface area contributed by atoms with E-state index in [2.05, 4.69) is 10.0 Å². The zero-order valence-corrected chi connectivity index (χ0v) is 19.6. The number of nitrogens with zero attached hydrogens (tertiary/aromatic N) is 1. The van der Waals surface area contributed by atoms with Crippen molar-refractivity contribution in [2.24, 2.45) is 0 Å². The minimum atomic E-state index is -3.71. The Morgan fingerprint density at radius 3 is 2.32 bits per heavy atom. The number of aryl methyl sites for hydroxylation is 1. The van der Waals surface area contributed by atoms with Crippen LogP contribution >= 0.6 is 0 Å². The fourth-order valence-electron chi connectivity index (χ4n) is 3.58. The van der Waals surface area contributed by atoms with Gasteiger partial charge < -0.3 is 15.0 Å². The summed E-state index contributed by atoms with van der Waals surface area (Å²) in [6, 6.07) is 20.2. The molecule has 9 heteroatoms. The summed E-state index contributed by atoms with van der Waals surface area (Å²) in [7, 11) is -3.71. The molecule has 0 radical (unpaired) electrons. The van der Waals surface area contributed by atoms with Crippen LogP contribution in [0.15, 0.2) is 77.7 Å². The van der Waals surface area contributed by atoms with E-state index in [9.17, 15) is 18.0 Å². The predicted octanol–water partition coefficient (Wildman–Crippen LogP) is 3.94. The number of amides is 2. The van der Waals surface area contributed by atoms with Gasteiger partial charge in [0.15, 0.2) is 6.10 Å². The Labute approximate surface area is 198 Å². The molecule has 3 aromatic rings. The van der Waals surface area contributed by atoms with E-state index in [4.69, 9.17) is 4.74 Å². The van der Waals surface area contributed by atoms with Crippen molar-refractivity contribution >= 4 is 38.9 Å². The molecule has 1 unspecified atom stereocenters. The second-order valence-corrected chi connectivity index (χ2v) is 9.69. The van der Waals surface area contributed by atoms with Crippen LogP contribution in [0, 0.1) is 6.92 Å². The largest absolute Gasteiger partial charge is 0.479 e. The molecule has 1 aliphatic rings. The van der Waals surface area contributed by atoms with E-state index in [0.717, 1.165) is 5.56 Å². The van der Waals surface area contributed by atoms with Gasteiger partial charge >= 0.3 is 0 Å². The quantitative estimate of drug-likeness (QED) is 0.534. The second kappa shape index (κ2) is 9.56. The molecule has 0 fully saturated rings. The number of nitrogens with one attached hydrogen (secondary N) is 2. The van der Waals surface area contributed by atoms with Crippen molar-refractivity contribution in [2.45, 2.75) is 31.3 Å². The van der Waals surface area contributed by atoms with Crippen molar-refractivity contribution in [1.29, 1.82) is 0 Å².